The number of H-pyrrole nitrogens is 1. The fourth-order valence-corrected chi connectivity index (χ4v) is 1.75. The summed E-state index contributed by atoms with van der Waals surface area (Å²) in [4.78, 5) is 15.7. The highest BCUT2D eigenvalue weighted by Gasteiger charge is 2.09. The van der Waals surface area contributed by atoms with E-state index in [1.807, 2.05) is 24.3 Å². The first kappa shape index (κ1) is 13.9. The van der Waals surface area contributed by atoms with E-state index >= 15 is 0 Å². The van der Waals surface area contributed by atoms with Crippen LogP contribution in [0.25, 0.3) is 0 Å². The zero-order valence-electron chi connectivity index (χ0n) is 11.3. The van der Waals surface area contributed by atoms with Crippen molar-refractivity contribution >= 4 is 11.9 Å². The van der Waals surface area contributed by atoms with E-state index in [9.17, 15) is 4.79 Å². The number of benzene rings is 1. The standard InChI is InChI=1S/C13H16N4O3/c1-19-10-6-4-3-5-9(10)7-8-11(18)14-12-15-13(20-2)17-16-12/h3-6H,7-8H2,1-2H3,(H2,14,15,16,17,18). The van der Waals surface area contributed by atoms with Crippen LogP contribution in [0.15, 0.2) is 24.3 Å². The number of hydrogen-bond acceptors (Lipinski definition) is 5. The van der Waals surface area contributed by atoms with Gasteiger partial charge in [0.15, 0.2) is 0 Å². The molecule has 2 aromatic rings. The Hall–Kier alpha value is -2.57. The molecule has 1 amide bonds. The number of nitrogens with one attached hydrogen (secondary N) is 2. The fourth-order valence-electron chi connectivity index (χ4n) is 1.75. The van der Waals surface area contributed by atoms with Crippen molar-refractivity contribution in [3.63, 3.8) is 0 Å². The van der Waals surface area contributed by atoms with Gasteiger partial charge in [0.25, 0.3) is 0 Å². The van der Waals surface area contributed by atoms with E-state index in [1.54, 1.807) is 7.11 Å². The van der Waals surface area contributed by atoms with Crippen molar-refractivity contribution in [2.24, 2.45) is 0 Å². The first-order chi connectivity index (χ1) is 9.72. The molecule has 0 saturated heterocycles. The number of hydrogen-bond donors (Lipinski definition) is 2. The second-order valence-electron chi connectivity index (χ2n) is 4.03. The van der Waals surface area contributed by atoms with Crippen molar-refractivity contribution in [3.05, 3.63) is 29.8 Å². The van der Waals surface area contributed by atoms with Crippen LogP contribution in [0.1, 0.15) is 12.0 Å². The molecule has 1 aromatic heterocycles. The normalized spacial score (nSPS) is 10.1. The third-order valence-electron chi connectivity index (χ3n) is 2.72. The van der Waals surface area contributed by atoms with Gasteiger partial charge >= 0.3 is 6.01 Å². The second-order valence-corrected chi connectivity index (χ2v) is 4.03. The highest BCUT2D eigenvalue weighted by molar-refractivity contribution is 5.89. The highest BCUT2D eigenvalue weighted by Crippen LogP contribution is 2.19. The lowest BCUT2D eigenvalue weighted by Crippen LogP contribution is -2.13. The van der Waals surface area contributed by atoms with Crippen LogP contribution in [0.2, 0.25) is 0 Å². The molecule has 0 aliphatic heterocycles. The summed E-state index contributed by atoms with van der Waals surface area (Å²) in [5.74, 6) is 0.892. The summed E-state index contributed by atoms with van der Waals surface area (Å²) in [5.41, 5.74) is 0.986. The number of carbonyl (C=O) groups excluding carboxylic acids is 1. The molecular formula is C13H16N4O3. The minimum Gasteiger partial charge on any atom is -0.496 e. The van der Waals surface area contributed by atoms with Crippen LogP contribution in [0.5, 0.6) is 11.8 Å². The SMILES string of the molecule is COc1n[nH]c(NC(=O)CCc2ccccc2OC)n1. The topological polar surface area (TPSA) is 89.1 Å². The quantitative estimate of drug-likeness (QED) is 0.832. The Kier molecular flexibility index (Phi) is 4.54. The molecule has 0 saturated carbocycles. The fraction of sp³-hybridized carbons (Fsp3) is 0.308. The molecule has 7 heteroatoms. The molecule has 0 fully saturated rings. The Morgan fingerprint density at radius 2 is 2.10 bits per heavy atom. The number of carbonyl (C=O) groups is 1. The number of anilines is 1. The number of methoxy groups -OCH3 is 2. The highest BCUT2D eigenvalue weighted by atomic mass is 16.5. The predicted octanol–water partition coefficient (Wildman–Crippen LogP) is 1.39. The zero-order chi connectivity index (χ0) is 14.4. The maximum absolute atomic E-state index is 11.8. The van der Waals surface area contributed by atoms with Crippen LogP contribution in [-0.2, 0) is 11.2 Å². The molecule has 0 atom stereocenters. The van der Waals surface area contributed by atoms with Crippen molar-refractivity contribution in [2.45, 2.75) is 12.8 Å². The van der Waals surface area contributed by atoms with Crippen LogP contribution in [0.3, 0.4) is 0 Å². The predicted molar refractivity (Wildman–Crippen MR) is 72.9 cm³/mol. The largest absolute Gasteiger partial charge is 0.496 e. The molecule has 0 aliphatic carbocycles. The molecule has 0 unspecified atom stereocenters. The third kappa shape index (κ3) is 3.47. The molecule has 7 nitrogen and oxygen atoms in total. The number of aromatic amines is 1. The lowest BCUT2D eigenvalue weighted by atomic mass is 10.1. The maximum atomic E-state index is 11.8. The number of para-hydroxylation sites is 1. The van der Waals surface area contributed by atoms with Crippen LogP contribution >= 0.6 is 0 Å². The van der Waals surface area contributed by atoms with Crippen LogP contribution < -0.4 is 14.8 Å². The van der Waals surface area contributed by atoms with Crippen LogP contribution in [0.4, 0.5) is 5.95 Å². The van der Waals surface area contributed by atoms with Gasteiger partial charge in [-0.1, -0.05) is 18.2 Å². The monoisotopic (exact) mass is 276 g/mol. The first-order valence-electron chi connectivity index (χ1n) is 6.11. The smallest absolute Gasteiger partial charge is 0.336 e. The summed E-state index contributed by atoms with van der Waals surface area (Å²) in [6.07, 6.45) is 0.907. The summed E-state index contributed by atoms with van der Waals surface area (Å²) >= 11 is 0. The maximum Gasteiger partial charge on any atom is 0.336 e. The molecule has 1 heterocycles. The molecule has 2 rings (SSSR count). The molecule has 20 heavy (non-hydrogen) atoms. The van der Waals surface area contributed by atoms with Crippen molar-refractivity contribution < 1.29 is 14.3 Å². The van der Waals surface area contributed by atoms with E-state index in [0.717, 1.165) is 11.3 Å². The van der Waals surface area contributed by atoms with Crippen molar-refractivity contribution in [3.8, 4) is 11.8 Å². The van der Waals surface area contributed by atoms with E-state index in [2.05, 4.69) is 20.5 Å². The number of rotatable bonds is 6. The van der Waals surface area contributed by atoms with Gasteiger partial charge in [0, 0.05) is 6.42 Å². The van der Waals surface area contributed by atoms with Gasteiger partial charge in [-0.05, 0) is 18.1 Å². The minimum atomic E-state index is -0.158. The zero-order valence-corrected chi connectivity index (χ0v) is 11.3. The molecule has 0 spiro atoms. The first-order valence-corrected chi connectivity index (χ1v) is 6.11. The Bertz CT molecular complexity index is 583. The summed E-state index contributed by atoms with van der Waals surface area (Å²) in [7, 11) is 3.07. The van der Waals surface area contributed by atoms with E-state index in [0.29, 0.717) is 12.8 Å². The number of amides is 1. The van der Waals surface area contributed by atoms with Gasteiger partial charge in [0.05, 0.1) is 14.2 Å². The average Bonchev–Trinajstić information content (AvgIpc) is 2.93. The average molecular weight is 276 g/mol. The molecule has 1 aromatic carbocycles. The number of aromatic nitrogens is 3. The van der Waals surface area contributed by atoms with E-state index in [4.69, 9.17) is 9.47 Å². The molecule has 0 aliphatic rings. The third-order valence-corrected chi connectivity index (χ3v) is 2.72. The Morgan fingerprint density at radius 3 is 2.80 bits per heavy atom. The van der Waals surface area contributed by atoms with Crippen molar-refractivity contribution in [1.29, 1.82) is 0 Å². The summed E-state index contributed by atoms with van der Waals surface area (Å²) in [6.45, 7) is 0. The number of nitrogens with zero attached hydrogens (tertiary/aromatic N) is 2. The van der Waals surface area contributed by atoms with Gasteiger partial charge in [-0.15, -0.1) is 5.10 Å². The Balaban J connectivity index is 1.88. The van der Waals surface area contributed by atoms with Crippen LogP contribution in [0, 0.1) is 0 Å². The number of aryl methyl sites for hydroxylation is 1. The van der Waals surface area contributed by atoms with E-state index < -0.39 is 0 Å². The van der Waals surface area contributed by atoms with Crippen LogP contribution in [-0.4, -0.2) is 35.3 Å². The Morgan fingerprint density at radius 1 is 1.30 bits per heavy atom. The van der Waals surface area contributed by atoms with Gasteiger partial charge in [-0.3, -0.25) is 10.1 Å². The van der Waals surface area contributed by atoms with E-state index in [-0.39, 0.29) is 17.9 Å². The van der Waals surface area contributed by atoms with Crippen molar-refractivity contribution in [1.82, 2.24) is 15.2 Å². The molecule has 0 bridgehead atoms. The lowest BCUT2D eigenvalue weighted by Gasteiger charge is -2.07. The van der Waals surface area contributed by atoms with E-state index in [1.165, 1.54) is 7.11 Å². The van der Waals surface area contributed by atoms with Gasteiger partial charge in [0.2, 0.25) is 11.9 Å². The van der Waals surface area contributed by atoms with Gasteiger partial charge in [0.1, 0.15) is 5.75 Å². The number of ether oxygens (including phenoxy) is 2. The molecule has 0 radical (unpaired) electrons. The molecule has 106 valence electrons. The second kappa shape index (κ2) is 6.55. The summed E-state index contributed by atoms with van der Waals surface area (Å²) in [5, 5.41) is 8.92. The molecule has 2 N–H and O–H groups in total. The summed E-state index contributed by atoms with van der Waals surface area (Å²) < 4.78 is 10.1. The van der Waals surface area contributed by atoms with Gasteiger partial charge < -0.3 is 9.47 Å². The lowest BCUT2D eigenvalue weighted by molar-refractivity contribution is -0.116. The van der Waals surface area contributed by atoms with Gasteiger partial charge in [-0.2, -0.15) is 4.98 Å². The van der Waals surface area contributed by atoms with Gasteiger partial charge in [-0.25, -0.2) is 5.10 Å². The summed E-state index contributed by atoms with van der Waals surface area (Å²) in [6, 6.07) is 7.79. The van der Waals surface area contributed by atoms with Crippen molar-refractivity contribution in [2.75, 3.05) is 19.5 Å². The molecular weight excluding hydrogens is 260 g/mol. The minimum absolute atomic E-state index is 0.158. The Labute approximate surface area is 116 Å².